The van der Waals surface area contributed by atoms with Crippen LogP contribution in [-0.2, 0) is 0 Å². The van der Waals surface area contributed by atoms with Crippen LogP contribution in [0.3, 0.4) is 0 Å². The third kappa shape index (κ3) is 2.93. The lowest BCUT2D eigenvalue weighted by Gasteiger charge is -2.17. The van der Waals surface area contributed by atoms with Crippen molar-refractivity contribution in [2.45, 2.75) is 26.8 Å². The van der Waals surface area contributed by atoms with Crippen LogP contribution in [0.1, 0.15) is 40.1 Å². The van der Waals surface area contributed by atoms with E-state index in [1.165, 1.54) is 0 Å². The number of H-pyrrole nitrogens is 1. The van der Waals surface area contributed by atoms with Gasteiger partial charge in [-0.05, 0) is 38.0 Å². The number of benzene rings is 2. The van der Waals surface area contributed by atoms with Crippen molar-refractivity contribution in [2.24, 2.45) is 0 Å². The number of fused-ring (bicyclic) bond motifs is 1. The van der Waals surface area contributed by atoms with Gasteiger partial charge < -0.3 is 5.32 Å². The van der Waals surface area contributed by atoms with E-state index in [-0.39, 0.29) is 23.2 Å². The van der Waals surface area contributed by atoms with Crippen LogP contribution in [0, 0.1) is 13.8 Å². The summed E-state index contributed by atoms with van der Waals surface area (Å²) in [5.74, 6) is -0.309. The number of carbonyl (C=O) groups excluding carboxylic acids is 1. The third-order valence-electron chi connectivity index (χ3n) is 4.16. The zero-order valence-corrected chi connectivity index (χ0v) is 13.9. The first kappa shape index (κ1) is 15.9. The first-order valence-corrected chi connectivity index (χ1v) is 7.83. The SMILES string of the molecule is Cc1ccc(C)c([C@@H](C)NC(=O)c2n[nH]c(=O)c3ccccc23)c1. The highest BCUT2D eigenvalue weighted by Crippen LogP contribution is 2.20. The predicted octanol–water partition coefficient (Wildman–Crippen LogP) is 3.03. The van der Waals surface area contributed by atoms with Crippen LogP contribution >= 0.6 is 0 Å². The van der Waals surface area contributed by atoms with Gasteiger partial charge in [0.25, 0.3) is 11.5 Å². The van der Waals surface area contributed by atoms with Crippen molar-refractivity contribution in [2.75, 3.05) is 0 Å². The first-order valence-electron chi connectivity index (χ1n) is 7.83. The van der Waals surface area contributed by atoms with E-state index in [2.05, 4.69) is 21.6 Å². The number of aromatic amines is 1. The highest BCUT2D eigenvalue weighted by molar-refractivity contribution is 6.04. The molecular formula is C19H19N3O2. The second-order valence-electron chi connectivity index (χ2n) is 6.00. The van der Waals surface area contributed by atoms with Crippen molar-refractivity contribution in [3.63, 3.8) is 0 Å². The minimum absolute atomic E-state index is 0.162. The normalized spacial score (nSPS) is 12.1. The summed E-state index contributed by atoms with van der Waals surface area (Å²) in [6.45, 7) is 5.98. The smallest absolute Gasteiger partial charge is 0.272 e. The summed E-state index contributed by atoms with van der Waals surface area (Å²) in [6.07, 6.45) is 0. The number of aromatic nitrogens is 2. The molecule has 0 bridgehead atoms. The zero-order valence-electron chi connectivity index (χ0n) is 13.9. The number of hydrogen-bond acceptors (Lipinski definition) is 3. The summed E-state index contributed by atoms with van der Waals surface area (Å²) >= 11 is 0. The molecule has 0 unspecified atom stereocenters. The van der Waals surface area contributed by atoms with E-state index in [0.29, 0.717) is 10.8 Å². The monoisotopic (exact) mass is 321 g/mol. The number of carbonyl (C=O) groups is 1. The molecule has 3 rings (SSSR count). The number of aryl methyl sites for hydroxylation is 2. The Morgan fingerprint density at radius 3 is 2.58 bits per heavy atom. The molecule has 2 aromatic carbocycles. The summed E-state index contributed by atoms with van der Waals surface area (Å²) in [6, 6.07) is 13.0. The molecule has 122 valence electrons. The Morgan fingerprint density at radius 1 is 1.12 bits per heavy atom. The average Bonchev–Trinajstić information content (AvgIpc) is 2.57. The number of amides is 1. The van der Waals surface area contributed by atoms with Crippen LogP contribution in [0.5, 0.6) is 0 Å². The molecule has 0 saturated carbocycles. The highest BCUT2D eigenvalue weighted by atomic mass is 16.2. The van der Waals surface area contributed by atoms with E-state index < -0.39 is 0 Å². The van der Waals surface area contributed by atoms with Gasteiger partial charge in [0.05, 0.1) is 11.4 Å². The molecule has 3 aromatic rings. The summed E-state index contributed by atoms with van der Waals surface area (Å²) in [4.78, 5) is 24.5. The summed E-state index contributed by atoms with van der Waals surface area (Å²) < 4.78 is 0. The van der Waals surface area contributed by atoms with Gasteiger partial charge in [0.1, 0.15) is 0 Å². The molecule has 24 heavy (non-hydrogen) atoms. The van der Waals surface area contributed by atoms with Crippen molar-refractivity contribution >= 4 is 16.7 Å². The van der Waals surface area contributed by atoms with Crippen LogP contribution in [-0.4, -0.2) is 16.1 Å². The molecule has 5 nitrogen and oxygen atoms in total. The van der Waals surface area contributed by atoms with Crippen molar-refractivity contribution in [1.29, 1.82) is 0 Å². The van der Waals surface area contributed by atoms with Crippen molar-refractivity contribution in [1.82, 2.24) is 15.5 Å². The maximum Gasteiger partial charge on any atom is 0.272 e. The van der Waals surface area contributed by atoms with Gasteiger partial charge in [-0.1, -0.05) is 42.0 Å². The lowest BCUT2D eigenvalue weighted by atomic mass is 10.00. The second-order valence-corrected chi connectivity index (χ2v) is 6.00. The Balaban J connectivity index is 1.94. The summed E-state index contributed by atoms with van der Waals surface area (Å²) in [7, 11) is 0. The predicted molar refractivity (Wildman–Crippen MR) is 94.2 cm³/mol. The fraction of sp³-hybridized carbons (Fsp3) is 0.211. The highest BCUT2D eigenvalue weighted by Gasteiger charge is 2.17. The molecule has 1 aromatic heterocycles. The van der Waals surface area contributed by atoms with E-state index in [0.717, 1.165) is 16.7 Å². The van der Waals surface area contributed by atoms with Crippen LogP contribution < -0.4 is 10.9 Å². The van der Waals surface area contributed by atoms with Gasteiger partial charge in [0.2, 0.25) is 0 Å². The van der Waals surface area contributed by atoms with Crippen molar-refractivity contribution < 1.29 is 4.79 Å². The Morgan fingerprint density at radius 2 is 1.83 bits per heavy atom. The van der Waals surface area contributed by atoms with Gasteiger partial charge in [-0.2, -0.15) is 5.10 Å². The quantitative estimate of drug-likeness (QED) is 0.778. The Bertz CT molecular complexity index is 976. The van der Waals surface area contributed by atoms with E-state index in [1.54, 1.807) is 24.3 Å². The van der Waals surface area contributed by atoms with Gasteiger partial charge in [0, 0.05) is 5.39 Å². The fourth-order valence-corrected chi connectivity index (χ4v) is 2.86. The summed E-state index contributed by atoms with van der Waals surface area (Å²) in [5.41, 5.74) is 3.25. The van der Waals surface area contributed by atoms with Gasteiger partial charge >= 0.3 is 0 Å². The second kappa shape index (κ2) is 6.28. The molecule has 1 heterocycles. The minimum Gasteiger partial charge on any atom is -0.344 e. The molecule has 0 spiro atoms. The summed E-state index contributed by atoms with van der Waals surface area (Å²) in [5, 5.41) is 10.3. The standard InChI is InChI=1S/C19H19N3O2/c1-11-8-9-12(2)16(10-11)13(3)20-19(24)17-14-6-4-5-7-15(14)18(23)22-21-17/h4-10,13H,1-3H3,(H,20,24)(H,22,23)/t13-/m1/s1. The van der Waals surface area contributed by atoms with E-state index >= 15 is 0 Å². The maximum absolute atomic E-state index is 12.7. The maximum atomic E-state index is 12.7. The lowest BCUT2D eigenvalue weighted by Crippen LogP contribution is -2.29. The molecule has 0 saturated heterocycles. The largest absolute Gasteiger partial charge is 0.344 e. The number of nitrogens with one attached hydrogen (secondary N) is 2. The van der Waals surface area contributed by atoms with Gasteiger partial charge in [0.15, 0.2) is 5.69 Å². The Labute approximate surface area is 139 Å². The first-order chi connectivity index (χ1) is 11.5. The molecule has 1 atom stereocenters. The topological polar surface area (TPSA) is 74.8 Å². The van der Waals surface area contributed by atoms with E-state index in [4.69, 9.17) is 0 Å². The molecule has 1 amide bonds. The van der Waals surface area contributed by atoms with Crippen LogP contribution in [0.4, 0.5) is 0 Å². The zero-order chi connectivity index (χ0) is 17.3. The van der Waals surface area contributed by atoms with E-state index in [1.807, 2.05) is 32.9 Å². The number of nitrogens with zero attached hydrogens (tertiary/aromatic N) is 1. The molecule has 2 N–H and O–H groups in total. The van der Waals surface area contributed by atoms with Crippen LogP contribution in [0.25, 0.3) is 10.8 Å². The molecule has 0 aliphatic rings. The average molecular weight is 321 g/mol. The van der Waals surface area contributed by atoms with Crippen LogP contribution in [0.15, 0.2) is 47.3 Å². The molecule has 0 aliphatic carbocycles. The fourth-order valence-electron chi connectivity index (χ4n) is 2.86. The molecule has 5 heteroatoms. The van der Waals surface area contributed by atoms with Gasteiger partial charge in [-0.15, -0.1) is 0 Å². The molecular weight excluding hydrogens is 302 g/mol. The Hall–Kier alpha value is -2.95. The number of rotatable bonds is 3. The third-order valence-corrected chi connectivity index (χ3v) is 4.16. The van der Waals surface area contributed by atoms with Crippen molar-refractivity contribution in [3.8, 4) is 0 Å². The molecule has 0 aliphatic heterocycles. The van der Waals surface area contributed by atoms with Crippen molar-refractivity contribution in [3.05, 3.63) is 75.2 Å². The Kier molecular flexibility index (Phi) is 4.16. The molecule has 0 fully saturated rings. The molecule has 0 radical (unpaired) electrons. The number of hydrogen-bond donors (Lipinski definition) is 2. The van der Waals surface area contributed by atoms with Gasteiger partial charge in [-0.3, -0.25) is 9.59 Å². The van der Waals surface area contributed by atoms with E-state index in [9.17, 15) is 9.59 Å². The van der Waals surface area contributed by atoms with Crippen LogP contribution in [0.2, 0.25) is 0 Å². The lowest BCUT2D eigenvalue weighted by molar-refractivity contribution is 0.0935. The minimum atomic E-state index is -0.309. The van der Waals surface area contributed by atoms with Gasteiger partial charge in [-0.25, -0.2) is 5.10 Å².